The summed E-state index contributed by atoms with van der Waals surface area (Å²) in [4.78, 5) is 16.8. The first-order chi connectivity index (χ1) is 15.8. The average Bonchev–Trinajstić information content (AvgIpc) is 3.37. The lowest BCUT2D eigenvalue weighted by Crippen LogP contribution is -2.35. The zero-order valence-electron chi connectivity index (χ0n) is 18.9. The number of nitriles is 1. The molecule has 0 spiro atoms. The molecule has 178 valence electrons. The maximum atomic E-state index is 13.2. The molecule has 0 aliphatic rings. The number of pyridine rings is 1. The average molecular weight is 473 g/mol. The number of nitrogens with two attached hydrogens (primary N) is 1. The predicted octanol–water partition coefficient (Wildman–Crippen LogP) is 4.46. The van der Waals surface area contributed by atoms with Crippen LogP contribution in [0.3, 0.4) is 0 Å². The summed E-state index contributed by atoms with van der Waals surface area (Å²) in [6.07, 6.45) is -3.20. The summed E-state index contributed by atoms with van der Waals surface area (Å²) >= 11 is 0. The number of amides is 1. The third kappa shape index (κ3) is 4.36. The Kier molecular flexibility index (Phi) is 6.24. The van der Waals surface area contributed by atoms with Crippen LogP contribution in [0.4, 0.5) is 24.8 Å². The van der Waals surface area contributed by atoms with Crippen LogP contribution in [-0.4, -0.2) is 32.0 Å². The highest BCUT2D eigenvalue weighted by molar-refractivity contribution is 6.24. The van der Waals surface area contributed by atoms with Crippen molar-refractivity contribution in [2.45, 2.75) is 45.3 Å². The third-order valence-corrected chi connectivity index (χ3v) is 5.25. The number of carbonyl (C=O) groups is 1. The largest absolute Gasteiger partial charge is 0.401 e. The van der Waals surface area contributed by atoms with Gasteiger partial charge >= 0.3 is 6.18 Å². The van der Waals surface area contributed by atoms with Crippen LogP contribution in [0.2, 0.25) is 0 Å². The molecule has 12 heteroatoms. The van der Waals surface area contributed by atoms with Crippen LogP contribution < -0.4 is 11.1 Å². The monoisotopic (exact) mass is 473 g/mol. The van der Waals surface area contributed by atoms with Crippen molar-refractivity contribution in [1.82, 2.24) is 19.9 Å². The van der Waals surface area contributed by atoms with Gasteiger partial charge in [0.05, 0.1) is 5.69 Å². The summed E-state index contributed by atoms with van der Waals surface area (Å²) in [6.45, 7) is 9.34. The lowest BCUT2D eigenvalue weighted by Gasteiger charge is -2.24. The van der Waals surface area contributed by atoms with Gasteiger partial charge in [0.15, 0.2) is 11.6 Å². The minimum Gasteiger partial charge on any atom is -0.383 e. The molecule has 0 aliphatic carbocycles. The second kappa shape index (κ2) is 8.66. The van der Waals surface area contributed by atoms with Crippen molar-refractivity contribution in [3.63, 3.8) is 0 Å². The Labute approximate surface area is 193 Å². The molecule has 0 fully saturated rings. The number of hydrogen-bond donors (Lipinski definition) is 2. The van der Waals surface area contributed by atoms with E-state index in [1.807, 2.05) is 19.9 Å². The highest BCUT2D eigenvalue weighted by Crippen LogP contribution is 2.41. The normalized spacial score (nSPS) is 12.0. The van der Waals surface area contributed by atoms with E-state index in [1.54, 1.807) is 12.1 Å². The molecule has 34 heavy (non-hydrogen) atoms. The first-order valence-corrected chi connectivity index (χ1v) is 10.1. The van der Waals surface area contributed by atoms with Gasteiger partial charge in [0.25, 0.3) is 5.91 Å². The molecule has 0 aliphatic heterocycles. The van der Waals surface area contributed by atoms with Gasteiger partial charge in [0, 0.05) is 29.4 Å². The van der Waals surface area contributed by atoms with Gasteiger partial charge in [-0.15, -0.1) is 0 Å². The number of rotatable bonds is 6. The highest BCUT2D eigenvalue weighted by Gasteiger charge is 2.51. The standard InChI is InChI=1S/C22H22F3N7O2/c1-11(2)32-19(27)14(9-26)18(30-32)15-7-6-13(10-28-15)12(3)20(33)29-17-8-16(34-31-17)21(4,5)22(23,24)25/h6-8,10-11H,3,27H2,1-2,4-5H3,(H,29,31,33). The predicted molar refractivity (Wildman–Crippen MR) is 118 cm³/mol. The van der Waals surface area contributed by atoms with Crippen molar-refractivity contribution in [1.29, 1.82) is 5.26 Å². The second-order valence-electron chi connectivity index (χ2n) is 8.32. The number of hydrogen-bond acceptors (Lipinski definition) is 7. The fourth-order valence-electron chi connectivity index (χ4n) is 2.93. The van der Waals surface area contributed by atoms with E-state index in [0.29, 0.717) is 17.0 Å². The van der Waals surface area contributed by atoms with E-state index in [9.17, 15) is 23.2 Å². The van der Waals surface area contributed by atoms with Gasteiger partial charge in [0.1, 0.15) is 28.6 Å². The van der Waals surface area contributed by atoms with Crippen molar-refractivity contribution in [2.75, 3.05) is 11.1 Å². The molecular formula is C22H22F3N7O2. The Balaban J connectivity index is 1.78. The molecule has 0 aromatic carbocycles. The Bertz CT molecular complexity index is 1280. The highest BCUT2D eigenvalue weighted by atomic mass is 19.4. The number of nitrogens with one attached hydrogen (secondary N) is 1. The molecule has 3 heterocycles. The summed E-state index contributed by atoms with van der Waals surface area (Å²) < 4.78 is 45.8. The third-order valence-electron chi connectivity index (χ3n) is 5.25. The number of carbonyl (C=O) groups excluding carboxylic acids is 1. The minimum absolute atomic E-state index is 0.00795. The molecule has 0 saturated carbocycles. The first kappa shape index (κ1) is 24.5. The lowest BCUT2D eigenvalue weighted by molar-refractivity contribution is -0.185. The van der Waals surface area contributed by atoms with Crippen molar-refractivity contribution in [2.24, 2.45) is 0 Å². The van der Waals surface area contributed by atoms with Crippen LogP contribution in [0.5, 0.6) is 0 Å². The zero-order valence-corrected chi connectivity index (χ0v) is 18.9. The minimum atomic E-state index is -4.56. The van der Waals surface area contributed by atoms with Crippen LogP contribution in [0, 0.1) is 11.3 Å². The van der Waals surface area contributed by atoms with Crippen LogP contribution in [0.15, 0.2) is 35.5 Å². The van der Waals surface area contributed by atoms with E-state index in [-0.39, 0.29) is 28.8 Å². The van der Waals surface area contributed by atoms with Crippen LogP contribution in [0.1, 0.15) is 50.6 Å². The topological polar surface area (TPSA) is 136 Å². The van der Waals surface area contributed by atoms with Gasteiger partial charge < -0.3 is 15.6 Å². The number of alkyl halides is 3. The fraction of sp³-hybridized carbons (Fsp3) is 0.318. The number of anilines is 2. The first-order valence-electron chi connectivity index (χ1n) is 10.1. The van der Waals surface area contributed by atoms with Crippen molar-refractivity contribution in [3.8, 4) is 17.5 Å². The molecule has 9 nitrogen and oxygen atoms in total. The number of halogens is 3. The maximum Gasteiger partial charge on any atom is 0.401 e. The molecule has 0 unspecified atom stereocenters. The molecule has 0 atom stereocenters. The van der Waals surface area contributed by atoms with E-state index in [1.165, 1.54) is 10.9 Å². The Morgan fingerprint density at radius 1 is 1.32 bits per heavy atom. The summed E-state index contributed by atoms with van der Waals surface area (Å²) in [5.41, 5.74) is 4.92. The molecular weight excluding hydrogens is 451 g/mol. The quantitative estimate of drug-likeness (QED) is 0.505. The molecule has 0 saturated heterocycles. The fourth-order valence-corrected chi connectivity index (χ4v) is 2.93. The smallest absolute Gasteiger partial charge is 0.383 e. The van der Waals surface area contributed by atoms with Crippen molar-refractivity contribution >= 4 is 23.1 Å². The van der Waals surface area contributed by atoms with Gasteiger partial charge in [0.2, 0.25) is 0 Å². The second-order valence-corrected chi connectivity index (χ2v) is 8.32. The van der Waals surface area contributed by atoms with Gasteiger partial charge in [-0.05, 0) is 33.8 Å². The maximum absolute atomic E-state index is 13.2. The van der Waals surface area contributed by atoms with E-state index < -0.39 is 23.3 Å². The van der Waals surface area contributed by atoms with E-state index in [0.717, 1.165) is 19.9 Å². The Hall–Kier alpha value is -4.14. The SMILES string of the molecule is C=C(C(=O)Nc1cc(C(C)(C)C(F)(F)F)on1)c1ccc(-c2nn(C(C)C)c(N)c2C#N)nc1. The Morgan fingerprint density at radius 3 is 2.53 bits per heavy atom. The van der Waals surface area contributed by atoms with E-state index in [4.69, 9.17) is 10.3 Å². The summed E-state index contributed by atoms with van der Waals surface area (Å²) in [5.74, 6) is -1.11. The van der Waals surface area contributed by atoms with Gasteiger partial charge in [-0.2, -0.15) is 23.5 Å². The van der Waals surface area contributed by atoms with Crippen LogP contribution in [0.25, 0.3) is 17.0 Å². The van der Waals surface area contributed by atoms with Gasteiger partial charge in [-0.1, -0.05) is 17.8 Å². The van der Waals surface area contributed by atoms with Crippen molar-refractivity contribution < 1.29 is 22.5 Å². The molecule has 3 N–H and O–H groups in total. The van der Waals surface area contributed by atoms with E-state index in [2.05, 4.69) is 27.1 Å². The number of aromatic nitrogens is 4. The van der Waals surface area contributed by atoms with Crippen LogP contribution in [-0.2, 0) is 10.2 Å². The van der Waals surface area contributed by atoms with Crippen molar-refractivity contribution in [3.05, 3.63) is 47.9 Å². The molecule has 0 radical (unpaired) electrons. The molecule has 3 rings (SSSR count). The van der Waals surface area contributed by atoms with Gasteiger partial charge in [-0.25, -0.2) is 4.68 Å². The molecule has 1 amide bonds. The molecule has 0 bridgehead atoms. The molecule has 3 aromatic heterocycles. The summed E-state index contributed by atoms with van der Waals surface area (Å²) in [5, 5.41) is 19.7. The Morgan fingerprint density at radius 2 is 2.00 bits per heavy atom. The van der Waals surface area contributed by atoms with Crippen LogP contribution >= 0.6 is 0 Å². The lowest BCUT2D eigenvalue weighted by atomic mass is 9.89. The summed E-state index contributed by atoms with van der Waals surface area (Å²) in [7, 11) is 0. The summed E-state index contributed by atoms with van der Waals surface area (Å²) in [6, 6.07) is 6.08. The molecule has 3 aromatic rings. The zero-order chi connectivity index (χ0) is 25.4. The van der Waals surface area contributed by atoms with E-state index >= 15 is 0 Å². The number of nitrogens with zero attached hydrogens (tertiary/aromatic N) is 5. The number of nitrogen functional groups attached to an aromatic ring is 1. The van der Waals surface area contributed by atoms with Gasteiger partial charge in [-0.3, -0.25) is 9.78 Å².